The topological polar surface area (TPSA) is 29.5 Å². The van der Waals surface area contributed by atoms with E-state index in [9.17, 15) is 5.11 Å². The summed E-state index contributed by atoms with van der Waals surface area (Å²) in [5.74, 6) is 7.06. The summed E-state index contributed by atoms with van der Waals surface area (Å²) in [5.41, 5.74) is 1.30. The minimum Gasteiger partial charge on any atom is -0.396 e. The molecule has 1 N–H and O–H groups in total. The van der Waals surface area contributed by atoms with E-state index >= 15 is 0 Å². The highest BCUT2D eigenvalue weighted by atomic mass is 16.5. The zero-order valence-electron chi connectivity index (χ0n) is 25.5. The van der Waals surface area contributed by atoms with Gasteiger partial charge in [0.25, 0.3) is 0 Å². The largest absolute Gasteiger partial charge is 0.396 e. The summed E-state index contributed by atoms with van der Waals surface area (Å²) >= 11 is 0. The first kappa shape index (κ1) is 30.5. The molecule has 4 saturated carbocycles. The normalized spacial score (nSPS) is 40.2. The molecule has 36 heavy (non-hydrogen) atoms. The van der Waals surface area contributed by atoms with Gasteiger partial charge in [-0.3, -0.25) is 0 Å². The summed E-state index contributed by atoms with van der Waals surface area (Å²) in [6, 6.07) is 0. The summed E-state index contributed by atoms with van der Waals surface area (Å²) in [6.07, 6.45) is 20.2. The SMILES string of the molecule is CC(CO)[C@@H](C)CC[C@@H](C)[C@H]1CC[C@H]2[C@@H]3CCC4CCCC[C@]4(C)[C@H]3CC[C@]12C.CCCOCCC. The molecule has 0 bridgehead atoms. The van der Waals surface area contributed by atoms with E-state index < -0.39 is 0 Å². The van der Waals surface area contributed by atoms with Crippen LogP contribution in [0.5, 0.6) is 0 Å². The Hall–Kier alpha value is -0.0800. The third-order valence-electron chi connectivity index (χ3n) is 12.4. The van der Waals surface area contributed by atoms with Crippen molar-refractivity contribution in [3.05, 3.63) is 0 Å². The van der Waals surface area contributed by atoms with Gasteiger partial charge in [0.2, 0.25) is 0 Å². The van der Waals surface area contributed by atoms with E-state index in [1.807, 2.05) is 0 Å². The molecule has 0 spiro atoms. The maximum absolute atomic E-state index is 9.49. The fourth-order valence-corrected chi connectivity index (χ4v) is 9.85. The number of aliphatic hydroxyl groups excluding tert-OH is 1. The van der Waals surface area contributed by atoms with Crippen molar-refractivity contribution in [1.82, 2.24) is 0 Å². The van der Waals surface area contributed by atoms with Crippen LogP contribution < -0.4 is 0 Å². The fraction of sp³-hybridized carbons (Fsp3) is 1.00. The molecule has 0 aromatic carbocycles. The third kappa shape index (κ3) is 6.55. The molecule has 0 aromatic rings. The van der Waals surface area contributed by atoms with Crippen molar-refractivity contribution in [2.45, 2.75) is 138 Å². The van der Waals surface area contributed by atoms with Crippen molar-refractivity contribution in [2.75, 3.05) is 19.8 Å². The maximum Gasteiger partial charge on any atom is 0.0463 e. The van der Waals surface area contributed by atoms with Crippen LogP contribution in [-0.4, -0.2) is 24.9 Å². The molecule has 0 aromatic heterocycles. The predicted octanol–water partition coefficient (Wildman–Crippen LogP) is 9.54. The predicted molar refractivity (Wildman–Crippen MR) is 155 cm³/mol. The molecule has 212 valence electrons. The Balaban J connectivity index is 0.000000454. The smallest absolute Gasteiger partial charge is 0.0463 e. The van der Waals surface area contributed by atoms with E-state index in [4.69, 9.17) is 4.74 Å². The molecule has 0 heterocycles. The van der Waals surface area contributed by atoms with E-state index in [-0.39, 0.29) is 0 Å². The number of aliphatic hydroxyl groups is 1. The van der Waals surface area contributed by atoms with Crippen LogP contribution in [0.1, 0.15) is 138 Å². The summed E-state index contributed by atoms with van der Waals surface area (Å²) < 4.78 is 5.13. The lowest BCUT2D eigenvalue weighted by Gasteiger charge is -2.61. The van der Waals surface area contributed by atoms with Gasteiger partial charge in [0.15, 0.2) is 0 Å². The van der Waals surface area contributed by atoms with Gasteiger partial charge in [-0.05, 0) is 122 Å². The Kier molecular flexibility index (Phi) is 11.7. The quantitative estimate of drug-likeness (QED) is 0.300. The highest BCUT2D eigenvalue weighted by Crippen LogP contribution is 2.68. The van der Waals surface area contributed by atoms with Crippen LogP contribution in [0, 0.1) is 58.2 Å². The van der Waals surface area contributed by atoms with E-state index in [0.29, 0.717) is 29.3 Å². The van der Waals surface area contributed by atoms with Gasteiger partial charge >= 0.3 is 0 Å². The molecule has 0 radical (unpaired) electrons. The first-order chi connectivity index (χ1) is 17.2. The lowest BCUT2D eigenvalue weighted by Crippen LogP contribution is -2.53. The summed E-state index contributed by atoms with van der Waals surface area (Å²) in [4.78, 5) is 0. The minimum absolute atomic E-state index is 0.349. The molecule has 10 atom stereocenters. The maximum atomic E-state index is 9.49. The van der Waals surface area contributed by atoms with Crippen LogP contribution in [0.2, 0.25) is 0 Å². The number of fused-ring (bicyclic) bond motifs is 5. The molecule has 4 aliphatic carbocycles. The standard InChI is InChI=1S/C28H50O.C6H14O/c1-19(21(3)18-29)9-10-20(2)24-13-14-25-23-12-11-22-8-6-7-16-27(22,4)26(23)15-17-28(24,25)5;1-3-5-7-6-4-2/h19-26,29H,6-18H2,1-5H3;3-6H2,1-2H3/t19-,20+,21?,22?,23-,24+,25-,26-,27-,28+;/m0./s1. The average molecular weight is 505 g/mol. The highest BCUT2D eigenvalue weighted by Gasteiger charge is 2.60. The van der Waals surface area contributed by atoms with Crippen LogP contribution in [0.25, 0.3) is 0 Å². The molecule has 4 aliphatic rings. The van der Waals surface area contributed by atoms with Gasteiger partial charge in [0, 0.05) is 19.8 Å². The van der Waals surface area contributed by atoms with E-state index in [1.54, 1.807) is 12.8 Å². The molecule has 0 aliphatic heterocycles. The van der Waals surface area contributed by atoms with E-state index in [1.165, 1.54) is 64.2 Å². The average Bonchev–Trinajstić information content (AvgIpc) is 3.24. The molecular weight excluding hydrogens is 440 g/mol. The van der Waals surface area contributed by atoms with Crippen LogP contribution in [0.15, 0.2) is 0 Å². The second-order valence-electron chi connectivity index (χ2n) is 14.4. The Morgan fingerprint density at radius 1 is 0.750 bits per heavy atom. The second kappa shape index (κ2) is 13.8. The molecule has 2 heteroatoms. The highest BCUT2D eigenvalue weighted by molar-refractivity contribution is 5.09. The van der Waals surface area contributed by atoms with Gasteiger partial charge in [-0.1, -0.05) is 74.1 Å². The number of ether oxygens (including phenoxy) is 1. The first-order valence-corrected chi connectivity index (χ1v) is 16.4. The lowest BCUT2D eigenvalue weighted by atomic mass is 9.44. The third-order valence-corrected chi connectivity index (χ3v) is 12.4. The zero-order chi connectivity index (χ0) is 26.3. The van der Waals surface area contributed by atoms with Gasteiger partial charge < -0.3 is 9.84 Å². The molecular formula is C34H64O2. The molecule has 2 unspecified atom stereocenters. The lowest BCUT2D eigenvalue weighted by molar-refractivity contribution is -0.114. The van der Waals surface area contributed by atoms with Crippen LogP contribution in [0.4, 0.5) is 0 Å². The van der Waals surface area contributed by atoms with Crippen molar-refractivity contribution in [3.63, 3.8) is 0 Å². The Labute approximate surface area is 226 Å². The molecule has 4 fully saturated rings. The van der Waals surface area contributed by atoms with Crippen molar-refractivity contribution in [3.8, 4) is 0 Å². The van der Waals surface area contributed by atoms with Crippen LogP contribution >= 0.6 is 0 Å². The van der Waals surface area contributed by atoms with E-state index in [0.717, 1.165) is 61.6 Å². The van der Waals surface area contributed by atoms with Gasteiger partial charge in [0.1, 0.15) is 0 Å². The van der Waals surface area contributed by atoms with Gasteiger partial charge in [-0.2, -0.15) is 0 Å². The summed E-state index contributed by atoms with van der Waals surface area (Å²) in [7, 11) is 0. The van der Waals surface area contributed by atoms with Crippen LogP contribution in [-0.2, 0) is 4.74 Å². The summed E-state index contributed by atoms with van der Waals surface area (Å²) in [6.45, 7) is 19.0. The molecule has 0 amide bonds. The number of rotatable bonds is 10. The molecule has 4 rings (SSSR count). The first-order valence-electron chi connectivity index (χ1n) is 16.4. The van der Waals surface area contributed by atoms with Crippen molar-refractivity contribution < 1.29 is 9.84 Å². The van der Waals surface area contributed by atoms with Gasteiger partial charge in [-0.15, -0.1) is 0 Å². The zero-order valence-corrected chi connectivity index (χ0v) is 25.5. The minimum atomic E-state index is 0.349. The van der Waals surface area contributed by atoms with E-state index in [2.05, 4.69) is 48.5 Å². The second-order valence-corrected chi connectivity index (χ2v) is 14.4. The van der Waals surface area contributed by atoms with Crippen molar-refractivity contribution in [1.29, 1.82) is 0 Å². The molecule has 2 nitrogen and oxygen atoms in total. The van der Waals surface area contributed by atoms with Crippen LogP contribution in [0.3, 0.4) is 0 Å². The Morgan fingerprint density at radius 3 is 2.11 bits per heavy atom. The number of hydrogen-bond donors (Lipinski definition) is 1. The summed E-state index contributed by atoms with van der Waals surface area (Å²) in [5, 5.41) is 9.49. The van der Waals surface area contributed by atoms with Gasteiger partial charge in [-0.25, -0.2) is 0 Å². The molecule has 0 saturated heterocycles. The Bertz CT molecular complexity index is 629. The van der Waals surface area contributed by atoms with Crippen molar-refractivity contribution >= 4 is 0 Å². The Morgan fingerprint density at radius 2 is 1.44 bits per heavy atom. The van der Waals surface area contributed by atoms with Gasteiger partial charge in [0.05, 0.1) is 0 Å². The number of hydrogen-bond acceptors (Lipinski definition) is 2. The fourth-order valence-electron chi connectivity index (χ4n) is 9.85. The van der Waals surface area contributed by atoms with Crippen molar-refractivity contribution in [2.24, 2.45) is 58.2 Å². The monoisotopic (exact) mass is 504 g/mol.